The number of nitrogens with zero attached hydrogens (tertiary/aromatic N) is 1. The predicted molar refractivity (Wildman–Crippen MR) is 89.4 cm³/mol. The quantitative estimate of drug-likeness (QED) is 0.891. The topological polar surface area (TPSA) is 49.4 Å². The fourth-order valence-corrected chi connectivity index (χ4v) is 2.36. The van der Waals surface area contributed by atoms with Crippen LogP contribution in [0.1, 0.15) is 15.9 Å². The number of rotatable bonds is 5. The van der Waals surface area contributed by atoms with Crippen molar-refractivity contribution in [3.8, 4) is 0 Å². The molecule has 2 aromatic rings. The Morgan fingerprint density at radius 2 is 1.68 bits per heavy atom. The van der Waals surface area contributed by atoms with Gasteiger partial charge in [-0.2, -0.15) is 0 Å². The van der Waals surface area contributed by atoms with E-state index < -0.39 is 0 Å². The van der Waals surface area contributed by atoms with Gasteiger partial charge >= 0.3 is 0 Å². The molecule has 0 radical (unpaired) electrons. The van der Waals surface area contributed by atoms with Crippen LogP contribution < -0.4 is 5.32 Å². The Labute approximate surface area is 138 Å². The minimum atomic E-state index is -0.247. The molecule has 0 aliphatic heterocycles. The number of halogens is 1. The van der Waals surface area contributed by atoms with Gasteiger partial charge < -0.3 is 10.2 Å². The van der Waals surface area contributed by atoms with Crippen LogP contribution in [0.2, 0.25) is 0 Å². The lowest BCUT2D eigenvalue weighted by molar-refractivity contribution is -0.129. The summed E-state index contributed by atoms with van der Waals surface area (Å²) < 4.78 is 0.961. The highest BCUT2D eigenvalue weighted by Gasteiger charge is 2.12. The van der Waals surface area contributed by atoms with Crippen LogP contribution in [0.15, 0.2) is 59.1 Å². The molecule has 0 aromatic heterocycles. The molecule has 1 N–H and O–H groups in total. The summed E-state index contributed by atoms with van der Waals surface area (Å²) in [7, 11) is 1.72. The first kappa shape index (κ1) is 16.2. The van der Waals surface area contributed by atoms with Gasteiger partial charge in [0.2, 0.25) is 5.91 Å². The molecule has 0 fully saturated rings. The number of amides is 2. The first-order valence-corrected chi connectivity index (χ1v) is 7.68. The van der Waals surface area contributed by atoms with Crippen LogP contribution in [0, 0.1) is 0 Å². The molecule has 2 amide bonds. The number of hydrogen-bond acceptors (Lipinski definition) is 2. The molecule has 5 heteroatoms. The second-order valence-electron chi connectivity index (χ2n) is 4.89. The predicted octanol–water partition coefficient (Wildman–Crippen LogP) is 2.84. The van der Waals surface area contributed by atoms with Gasteiger partial charge in [-0.05, 0) is 23.8 Å². The molecule has 0 spiro atoms. The first-order chi connectivity index (χ1) is 10.6. The van der Waals surface area contributed by atoms with Crippen LogP contribution in [-0.2, 0) is 11.3 Å². The SMILES string of the molecule is CN(Cc1ccccc1Br)C(=O)CNC(=O)c1ccccc1. The molecule has 0 heterocycles. The van der Waals surface area contributed by atoms with Crippen LogP contribution in [0.25, 0.3) is 0 Å². The summed E-state index contributed by atoms with van der Waals surface area (Å²) >= 11 is 3.46. The number of nitrogens with one attached hydrogen (secondary N) is 1. The summed E-state index contributed by atoms with van der Waals surface area (Å²) in [6.45, 7) is 0.468. The van der Waals surface area contributed by atoms with Crippen molar-refractivity contribution >= 4 is 27.7 Å². The van der Waals surface area contributed by atoms with Gasteiger partial charge in [0.15, 0.2) is 0 Å². The van der Waals surface area contributed by atoms with Gasteiger partial charge in [0.25, 0.3) is 5.91 Å². The van der Waals surface area contributed by atoms with E-state index in [4.69, 9.17) is 0 Å². The van der Waals surface area contributed by atoms with Gasteiger partial charge in [0.1, 0.15) is 0 Å². The van der Waals surface area contributed by atoms with Crippen LogP contribution >= 0.6 is 15.9 Å². The van der Waals surface area contributed by atoms with Crippen molar-refractivity contribution in [2.24, 2.45) is 0 Å². The summed E-state index contributed by atoms with van der Waals surface area (Å²) in [4.78, 5) is 25.6. The Balaban J connectivity index is 1.87. The van der Waals surface area contributed by atoms with E-state index in [1.54, 1.807) is 36.2 Å². The largest absolute Gasteiger partial charge is 0.343 e. The maximum atomic E-state index is 12.1. The van der Waals surface area contributed by atoms with Crippen molar-refractivity contribution in [3.63, 3.8) is 0 Å². The Morgan fingerprint density at radius 3 is 2.36 bits per heavy atom. The van der Waals surface area contributed by atoms with Gasteiger partial charge in [-0.1, -0.05) is 52.3 Å². The van der Waals surface area contributed by atoms with Crippen molar-refractivity contribution in [1.82, 2.24) is 10.2 Å². The van der Waals surface area contributed by atoms with Gasteiger partial charge in [-0.3, -0.25) is 9.59 Å². The van der Waals surface area contributed by atoms with Gasteiger partial charge in [0, 0.05) is 23.6 Å². The van der Waals surface area contributed by atoms with Crippen molar-refractivity contribution in [2.75, 3.05) is 13.6 Å². The van der Waals surface area contributed by atoms with Crippen LogP contribution in [0.5, 0.6) is 0 Å². The third-order valence-electron chi connectivity index (χ3n) is 3.23. The van der Waals surface area contributed by atoms with Gasteiger partial charge in [-0.15, -0.1) is 0 Å². The van der Waals surface area contributed by atoms with E-state index >= 15 is 0 Å². The van der Waals surface area contributed by atoms with Crippen molar-refractivity contribution < 1.29 is 9.59 Å². The van der Waals surface area contributed by atoms with E-state index in [2.05, 4.69) is 21.2 Å². The van der Waals surface area contributed by atoms with E-state index in [1.807, 2.05) is 30.3 Å². The normalized spacial score (nSPS) is 10.1. The van der Waals surface area contributed by atoms with Crippen LogP contribution in [0.3, 0.4) is 0 Å². The Kier molecular flexibility index (Phi) is 5.72. The molecule has 114 valence electrons. The average Bonchev–Trinajstić information content (AvgIpc) is 2.55. The lowest BCUT2D eigenvalue weighted by Gasteiger charge is -2.18. The summed E-state index contributed by atoms with van der Waals surface area (Å²) in [5.41, 5.74) is 1.57. The summed E-state index contributed by atoms with van der Waals surface area (Å²) in [6.07, 6.45) is 0. The van der Waals surface area contributed by atoms with E-state index in [1.165, 1.54) is 0 Å². The zero-order valence-electron chi connectivity index (χ0n) is 12.3. The second kappa shape index (κ2) is 7.75. The smallest absolute Gasteiger partial charge is 0.251 e. The van der Waals surface area contributed by atoms with Crippen molar-refractivity contribution in [1.29, 1.82) is 0 Å². The first-order valence-electron chi connectivity index (χ1n) is 6.88. The molecule has 2 aromatic carbocycles. The minimum absolute atomic E-state index is 0.0192. The second-order valence-corrected chi connectivity index (χ2v) is 5.74. The molecular weight excluding hydrogens is 344 g/mol. The van der Waals surface area contributed by atoms with Crippen LogP contribution in [0.4, 0.5) is 0 Å². The molecule has 0 bridgehead atoms. The summed E-state index contributed by atoms with van der Waals surface area (Å²) in [5, 5.41) is 2.64. The average molecular weight is 361 g/mol. The number of hydrogen-bond donors (Lipinski definition) is 1. The number of benzene rings is 2. The lowest BCUT2D eigenvalue weighted by atomic mass is 10.2. The fourth-order valence-electron chi connectivity index (χ4n) is 1.95. The van der Waals surface area contributed by atoms with E-state index in [9.17, 15) is 9.59 Å². The van der Waals surface area contributed by atoms with Gasteiger partial charge in [-0.25, -0.2) is 0 Å². The standard InChI is InChI=1S/C17H17BrN2O2/c1-20(12-14-9-5-6-10-15(14)18)16(21)11-19-17(22)13-7-3-2-4-8-13/h2-10H,11-12H2,1H3,(H,19,22). The molecule has 0 atom stereocenters. The zero-order valence-corrected chi connectivity index (χ0v) is 13.8. The Hall–Kier alpha value is -2.14. The molecule has 0 aliphatic carbocycles. The molecule has 22 heavy (non-hydrogen) atoms. The van der Waals surface area contributed by atoms with Crippen molar-refractivity contribution in [3.05, 3.63) is 70.2 Å². The van der Waals surface area contributed by atoms with Crippen molar-refractivity contribution in [2.45, 2.75) is 6.54 Å². The summed E-state index contributed by atoms with van der Waals surface area (Å²) in [5.74, 6) is -0.386. The highest BCUT2D eigenvalue weighted by Crippen LogP contribution is 2.17. The lowest BCUT2D eigenvalue weighted by Crippen LogP contribution is -2.37. The highest BCUT2D eigenvalue weighted by molar-refractivity contribution is 9.10. The molecular formula is C17H17BrN2O2. The van der Waals surface area contributed by atoms with E-state index in [-0.39, 0.29) is 18.4 Å². The van der Waals surface area contributed by atoms with E-state index in [0.29, 0.717) is 12.1 Å². The molecule has 2 rings (SSSR count). The Bertz CT molecular complexity index is 659. The third-order valence-corrected chi connectivity index (χ3v) is 4.00. The third kappa shape index (κ3) is 4.43. The fraction of sp³-hybridized carbons (Fsp3) is 0.176. The molecule has 4 nitrogen and oxygen atoms in total. The minimum Gasteiger partial charge on any atom is -0.343 e. The maximum absolute atomic E-state index is 12.1. The van der Waals surface area contributed by atoms with Crippen LogP contribution in [-0.4, -0.2) is 30.3 Å². The number of carbonyl (C=O) groups is 2. The highest BCUT2D eigenvalue weighted by atomic mass is 79.9. The molecule has 0 saturated carbocycles. The molecule has 0 aliphatic rings. The molecule has 0 unspecified atom stereocenters. The zero-order chi connectivity index (χ0) is 15.9. The van der Waals surface area contributed by atoms with Gasteiger partial charge in [0.05, 0.1) is 6.54 Å². The Morgan fingerprint density at radius 1 is 1.05 bits per heavy atom. The number of carbonyl (C=O) groups excluding carboxylic acids is 2. The summed E-state index contributed by atoms with van der Waals surface area (Å²) in [6, 6.07) is 16.6. The number of likely N-dealkylation sites (N-methyl/N-ethyl adjacent to an activating group) is 1. The molecule has 0 saturated heterocycles. The maximum Gasteiger partial charge on any atom is 0.251 e. The monoisotopic (exact) mass is 360 g/mol. The van der Waals surface area contributed by atoms with E-state index in [0.717, 1.165) is 10.0 Å².